The van der Waals surface area contributed by atoms with Crippen molar-refractivity contribution in [3.8, 4) is 0 Å². The third kappa shape index (κ3) is 1.45. The van der Waals surface area contributed by atoms with Crippen molar-refractivity contribution >= 4 is 11.6 Å². The number of aromatic nitrogens is 1. The lowest BCUT2D eigenvalue weighted by Gasteiger charge is -2.05. The lowest BCUT2D eigenvalue weighted by molar-refractivity contribution is 1.21. The summed E-state index contributed by atoms with van der Waals surface area (Å²) in [6.07, 6.45) is 3.62. The monoisotopic (exact) mass is 159 g/mol. The van der Waals surface area contributed by atoms with Crippen LogP contribution in [-0.2, 0) is 0 Å². The average molecular weight is 159 g/mol. The van der Waals surface area contributed by atoms with Crippen LogP contribution in [0.15, 0.2) is 25.4 Å². The lowest BCUT2D eigenvalue weighted by atomic mass is 10.0. The molecule has 0 amide bonds. The summed E-state index contributed by atoms with van der Waals surface area (Å²) in [4.78, 5) is 4.24. The molecule has 0 fully saturated rings. The molecule has 62 valence electrons. The molecule has 0 N–H and O–H groups in total. The summed E-state index contributed by atoms with van der Waals surface area (Å²) in [5, 5.41) is 0. The Kier molecular flexibility index (Phi) is 2.44. The van der Waals surface area contributed by atoms with E-state index in [-0.39, 0.29) is 0 Å². The van der Waals surface area contributed by atoms with Gasteiger partial charge in [-0.2, -0.15) is 0 Å². The predicted molar refractivity (Wildman–Crippen MR) is 53.8 cm³/mol. The quantitative estimate of drug-likeness (QED) is 0.646. The average Bonchev–Trinajstić information content (AvgIpc) is 2.04. The first-order chi connectivity index (χ1) is 5.66. The summed E-state index contributed by atoms with van der Waals surface area (Å²) in [6, 6.07) is 1.95. The first-order valence-corrected chi connectivity index (χ1v) is 3.90. The maximum atomic E-state index is 4.24. The Morgan fingerprint density at radius 1 is 1.58 bits per heavy atom. The molecule has 1 rings (SSSR count). The highest BCUT2D eigenvalue weighted by molar-refractivity contribution is 5.65. The fraction of sp³-hybridized carbons (Fsp3) is 0.182. The van der Waals surface area contributed by atoms with Gasteiger partial charge in [0.25, 0.3) is 0 Å². The Morgan fingerprint density at radius 3 is 2.75 bits per heavy atom. The molecule has 0 radical (unpaired) electrons. The van der Waals surface area contributed by atoms with Gasteiger partial charge in [0.2, 0.25) is 0 Å². The molecule has 0 aromatic carbocycles. The van der Waals surface area contributed by atoms with Crippen molar-refractivity contribution in [2.24, 2.45) is 0 Å². The Morgan fingerprint density at radius 2 is 2.25 bits per heavy atom. The van der Waals surface area contributed by atoms with E-state index in [1.54, 1.807) is 6.20 Å². The van der Waals surface area contributed by atoms with E-state index in [2.05, 4.69) is 18.1 Å². The second-order valence-electron chi connectivity index (χ2n) is 2.86. The summed E-state index contributed by atoms with van der Waals surface area (Å²) in [5.74, 6) is 0. The van der Waals surface area contributed by atoms with E-state index in [9.17, 15) is 0 Å². The second-order valence-corrected chi connectivity index (χ2v) is 2.86. The van der Waals surface area contributed by atoms with Crippen molar-refractivity contribution in [2.75, 3.05) is 0 Å². The summed E-state index contributed by atoms with van der Waals surface area (Å²) < 4.78 is 0. The number of hydrogen-bond donors (Lipinski definition) is 0. The van der Waals surface area contributed by atoms with Gasteiger partial charge < -0.3 is 0 Å². The van der Waals surface area contributed by atoms with E-state index in [4.69, 9.17) is 0 Å². The highest BCUT2D eigenvalue weighted by atomic mass is 14.7. The van der Waals surface area contributed by atoms with E-state index in [1.165, 1.54) is 0 Å². The molecule has 12 heavy (non-hydrogen) atoms. The van der Waals surface area contributed by atoms with Crippen LogP contribution in [0.3, 0.4) is 0 Å². The Labute approximate surface area is 73.5 Å². The second kappa shape index (κ2) is 3.35. The molecule has 1 nitrogen and oxygen atoms in total. The van der Waals surface area contributed by atoms with E-state index < -0.39 is 0 Å². The number of nitrogens with zero attached hydrogens (tertiary/aromatic N) is 1. The first kappa shape index (κ1) is 8.72. The van der Waals surface area contributed by atoms with Crippen LogP contribution < -0.4 is 0 Å². The van der Waals surface area contributed by atoms with Gasteiger partial charge in [0.1, 0.15) is 0 Å². The summed E-state index contributed by atoms with van der Waals surface area (Å²) in [6.45, 7) is 11.6. The zero-order valence-corrected chi connectivity index (χ0v) is 7.59. The van der Waals surface area contributed by atoms with Crippen LogP contribution in [0.2, 0.25) is 0 Å². The normalized spacial score (nSPS) is 9.50. The summed E-state index contributed by atoms with van der Waals surface area (Å²) in [7, 11) is 0. The van der Waals surface area contributed by atoms with Crippen molar-refractivity contribution in [2.45, 2.75) is 13.8 Å². The Bertz CT molecular complexity index is 324. The van der Waals surface area contributed by atoms with Crippen LogP contribution in [-0.4, -0.2) is 4.98 Å². The van der Waals surface area contributed by atoms with Crippen LogP contribution >= 0.6 is 0 Å². The lowest BCUT2D eigenvalue weighted by Crippen LogP contribution is -1.92. The molecule has 0 atom stereocenters. The highest BCUT2D eigenvalue weighted by Crippen LogP contribution is 2.17. The minimum Gasteiger partial charge on any atom is -0.256 e. The van der Waals surface area contributed by atoms with Crippen molar-refractivity contribution < 1.29 is 0 Å². The van der Waals surface area contributed by atoms with Crippen molar-refractivity contribution in [3.63, 3.8) is 0 Å². The molecule has 1 heterocycles. The molecular formula is C11H13N. The van der Waals surface area contributed by atoms with Crippen molar-refractivity contribution in [1.82, 2.24) is 4.98 Å². The molecule has 0 saturated heterocycles. The van der Waals surface area contributed by atoms with E-state index in [0.29, 0.717) is 0 Å². The van der Waals surface area contributed by atoms with E-state index in [0.717, 1.165) is 22.4 Å². The van der Waals surface area contributed by atoms with E-state index >= 15 is 0 Å². The highest BCUT2D eigenvalue weighted by Gasteiger charge is 2.02. The molecule has 1 aromatic rings. The molecule has 0 aliphatic heterocycles. The summed E-state index contributed by atoms with van der Waals surface area (Å²) >= 11 is 0. The van der Waals surface area contributed by atoms with Gasteiger partial charge in [0, 0.05) is 6.20 Å². The van der Waals surface area contributed by atoms with Gasteiger partial charge in [-0.15, -0.1) is 0 Å². The van der Waals surface area contributed by atoms with E-state index in [1.807, 2.05) is 26.0 Å². The van der Waals surface area contributed by atoms with Crippen LogP contribution in [0.25, 0.3) is 11.6 Å². The molecule has 0 saturated carbocycles. The minimum atomic E-state index is 0.979. The molecule has 0 aliphatic carbocycles. The van der Waals surface area contributed by atoms with Gasteiger partial charge in [0.15, 0.2) is 0 Å². The SMILES string of the molecule is C=Cc1ccnc(C(=C)C)c1C. The van der Waals surface area contributed by atoms with Gasteiger partial charge in [-0.3, -0.25) is 4.98 Å². The maximum absolute atomic E-state index is 4.24. The molecular weight excluding hydrogens is 146 g/mol. The number of rotatable bonds is 2. The van der Waals surface area contributed by atoms with Gasteiger partial charge >= 0.3 is 0 Å². The molecule has 0 aliphatic rings. The Hall–Kier alpha value is -1.37. The van der Waals surface area contributed by atoms with Crippen LogP contribution in [0.4, 0.5) is 0 Å². The smallest absolute Gasteiger partial charge is 0.0687 e. The van der Waals surface area contributed by atoms with Gasteiger partial charge in [-0.25, -0.2) is 0 Å². The standard InChI is InChI=1S/C11H13N/c1-5-10-6-7-12-11(8(2)3)9(10)4/h5-7H,1-2H2,3-4H3. The number of pyridine rings is 1. The van der Waals surface area contributed by atoms with Gasteiger partial charge in [0.05, 0.1) is 5.69 Å². The maximum Gasteiger partial charge on any atom is 0.0687 e. The largest absolute Gasteiger partial charge is 0.256 e. The van der Waals surface area contributed by atoms with Crippen LogP contribution in [0.1, 0.15) is 23.7 Å². The van der Waals surface area contributed by atoms with Gasteiger partial charge in [-0.1, -0.05) is 19.2 Å². The molecule has 0 bridgehead atoms. The van der Waals surface area contributed by atoms with Gasteiger partial charge in [-0.05, 0) is 36.6 Å². The molecule has 1 aromatic heterocycles. The Balaban J connectivity index is 3.32. The van der Waals surface area contributed by atoms with Crippen LogP contribution in [0, 0.1) is 6.92 Å². The number of allylic oxidation sites excluding steroid dienone is 1. The zero-order valence-electron chi connectivity index (χ0n) is 7.59. The molecule has 1 heteroatoms. The first-order valence-electron chi connectivity index (χ1n) is 3.90. The minimum absolute atomic E-state index is 0.979. The third-order valence-electron chi connectivity index (χ3n) is 1.87. The zero-order chi connectivity index (χ0) is 9.14. The van der Waals surface area contributed by atoms with Crippen molar-refractivity contribution in [1.29, 1.82) is 0 Å². The third-order valence-corrected chi connectivity index (χ3v) is 1.87. The fourth-order valence-corrected chi connectivity index (χ4v) is 1.20. The van der Waals surface area contributed by atoms with Crippen LogP contribution in [0.5, 0.6) is 0 Å². The van der Waals surface area contributed by atoms with Crippen molar-refractivity contribution in [3.05, 3.63) is 42.2 Å². The molecule has 0 spiro atoms. The summed E-state index contributed by atoms with van der Waals surface area (Å²) in [5.41, 5.74) is 4.26. The predicted octanol–water partition coefficient (Wildman–Crippen LogP) is 3.07. The molecule has 0 unspecified atom stereocenters. The number of hydrogen-bond acceptors (Lipinski definition) is 1. The fourth-order valence-electron chi connectivity index (χ4n) is 1.20. The topological polar surface area (TPSA) is 12.9 Å².